The Morgan fingerprint density at radius 3 is 2.56 bits per heavy atom. The average Bonchev–Trinajstić information content (AvgIpc) is 2.71. The molecule has 170 valence electrons. The van der Waals surface area contributed by atoms with Crippen LogP contribution >= 0.6 is 0 Å². The number of carbonyl (C=O) groups excluding carboxylic acids is 3. The Morgan fingerprint density at radius 2 is 1.84 bits per heavy atom. The first kappa shape index (κ1) is 23.3. The minimum absolute atomic E-state index is 0.0777. The molecule has 1 aromatic rings. The lowest BCUT2D eigenvalue weighted by molar-refractivity contribution is 0.0163. The van der Waals surface area contributed by atoms with E-state index in [0.717, 1.165) is 49.5 Å². The van der Waals surface area contributed by atoms with Gasteiger partial charge < -0.3 is 19.7 Å². The fourth-order valence-electron chi connectivity index (χ4n) is 3.80. The van der Waals surface area contributed by atoms with E-state index in [4.69, 9.17) is 9.47 Å². The van der Waals surface area contributed by atoms with Gasteiger partial charge in [-0.05, 0) is 63.8 Å². The fourth-order valence-corrected chi connectivity index (χ4v) is 3.80. The normalized spacial score (nSPS) is 20.2. The number of ketones is 2. The van der Waals surface area contributed by atoms with Gasteiger partial charge in [-0.2, -0.15) is 0 Å². The number of phenols is 2. The summed E-state index contributed by atoms with van der Waals surface area (Å²) in [4.78, 5) is 38.3. The predicted octanol–water partition coefficient (Wildman–Crippen LogP) is 5.17. The fraction of sp³-hybridized carbons (Fsp3) is 0.400. The molecule has 0 amide bonds. The molecule has 2 aliphatic rings. The highest BCUT2D eigenvalue weighted by Crippen LogP contribution is 2.36. The molecule has 2 aliphatic carbocycles. The van der Waals surface area contributed by atoms with Gasteiger partial charge >= 0.3 is 6.16 Å². The molecule has 0 aliphatic heterocycles. The van der Waals surface area contributed by atoms with Crippen molar-refractivity contribution in [1.82, 2.24) is 0 Å². The molecule has 0 fully saturated rings. The van der Waals surface area contributed by atoms with Crippen LogP contribution in [0, 0.1) is 0 Å². The number of allylic oxidation sites excluding steroid dienone is 3. The Labute approximate surface area is 187 Å². The monoisotopic (exact) mass is 440 g/mol. The predicted molar refractivity (Wildman–Crippen MR) is 118 cm³/mol. The van der Waals surface area contributed by atoms with E-state index in [1.165, 1.54) is 0 Å². The number of Topliss-reactive ketones (excluding diaryl/α,β-unsaturated/α-hetero) is 1. The minimum atomic E-state index is -1.08. The maximum absolute atomic E-state index is 13.1. The third-order valence-corrected chi connectivity index (χ3v) is 5.47. The van der Waals surface area contributed by atoms with Gasteiger partial charge in [0.1, 0.15) is 23.7 Å². The van der Waals surface area contributed by atoms with Crippen LogP contribution < -0.4 is 0 Å². The average molecular weight is 440 g/mol. The summed E-state index contributed by atoms with van der Waals surface area (Å²) in [6.07, 6.45) is 9.09. The van der Waals surface area contributed by atoms with E-state index in [-0.39, 0.29) is 23.1 Å². The highest BCUT2D eigenvalue weighted by Gasteiger charge is 2.36. The molecule has 32 heavy (non-hydrogen) atoms. The van der Waals surface area contributed by atoms with Gasteiger partial charge in [-0.3, -0.25) is 9.59 Å². The molecule has 0 bridgehead atoms. The van der Waals surface area contributed by atoms with E-state index in [0.29, 0.717) is 6.42 Å². The Morgan fingerprint density at radius 1 is 1.12 bits per heavy atom. The highest BCUT2D eigenvalue weighted by molar-refractivity contribution is 6.27. The van der Waals surface area contributed by atoms with Crippen LogP contribution in [0.25, 0.3) is 0 Å². The van der Waals surface area contributed by atoms with Gasteiger partial charge in [0, 0.05) is 12.0 Å². The summed E-state index contributed by atoms with van der Waals surface area (Å²) in [7, 11) is 0. The number of ether oxygens (including phenoxy) is 2. The lowest BCUT2D eigenvalue weighted by Gasteiger charge is -2.24. The van der Waals surface area contributed by atoms with Crippen molar-refractivity contribution in [3.8, 4) is 11.5 Å². The lowest BCUT2D eigenvalue weighted by atomic mass is 9.85. The summed E-state index contributed by atoms with van der Waals surface area (Å²) in [5.41, 5.74) is 0.300. The van der Waals surface area contributed by atoms with E-state index in [2.05, 4.69) is 0 Å². The summed E-state index contributed by atoms with van der Waals surface area (Å²) in [6.45, 7) is 3.71. The number of benzene rings is 1. The molecular weight excluding hydrogens is 412 g/mol. The van der Waals surface area contributed by atoms with Crippen LogP contribution in [0.4, 0.5) is 4.79 Å². The van der Waals surface area contributed by atoms with E-state index < -0.39 is 41.4 Å². The Hall–Kier alpha value is -3.35. The first-order chi connectivity index (χ1) is 15.3. The van der Waals surface area contributed by atoms with Crippen molar-refractivity contribution in [3.05, 3.63) is 58.7 Å². The van der Waals surface area contributed by atoms with E-state index in [9.17, 15) is 24.6 Å². The summed E-state index contributed by atoms with van der Waals surface area (Å²) < 4.78 is 10.9. The van der Waals surface area contributed by atoms with Gasteiger partial charge in [-0.25, -0.2) is 4.79 Å². The van der Waals surface area contributed by atoms with Gasteiger partial charge in [0.2, 0.25) is 0 Å². The van der Waals surface area contributed by atoms with E-state index >= 15 is 0 Å². The van der Waals surface area contributed by atoms with Crippen LogP contribution in [-0.2, 0) is 9.47 Å². The van der Waals surface area contributed by atoms with Gasteiger partial charge in [0.25, 0.3) is 0 Å². The molecule has 2 N–H and O–H groups in total. The van der Waals surface area contributed by atoms with E-state index in [1.54, 1.807) is 6.08 Å². The molecule has 0 saturated carbocycles. The molecule has 1 aromatic carbocycles. The Bertz CT molecular complexity index is 996. The summed E-state index contributed by atoms with van der Waals surface area (Å²) in [5.74, 6) is -2.16. The Kier molecular flexibility index (Phi) is 7.51. The summed E-state index contributed by atoms with van der Waals surface area (Å²) in [5, 5.41) is 20.2. The topological polar surface area (TPSA) is 110 Å². The standard InChI is InChI=1S/C25H28O7/c1-15(2)10-13-21(32-25(30)31-16-8-6-4-3-5-7-9-16)17-14-20(28)22-18(26)11-12-19(27)23(22)24(17)29/h6,8,10-12,14,16,21,26-27H,3-5,7,9,13H2,1-2H3/b8-6+/t16?,21-/m1/s1. The molecule has 0 saturated heterocycles. The van der Waals surface area contributed by atoms with Gasteiger partial charge in [-0.1, -0.05) is 24.1 Å². The number of rotatable bonds is 5. The number of phenolic OH excluding ortho intramolecular Hbond substituents is 2. The molecule has 7 nitrogen and oxygen atoms in total. The number of carbonyl (C=O) groups is 3. The molecule has 3 rings (SSSR count). The zero-order valence-corrected chi connectivity index (χ0v) is 18.3. The van der Waals surface area contributed by atoms with Gasteiger partial charge in [0.15, 0.2) is 11.6 Å². The van der Waals surface area contributed by atoms with Crippen molar-refractivity contribution in [3.63, 3.8) is 0 Å². The van der Waals surface area contributed by atoms with Crippen molar-refractivity contribution in [2.45, 2.75) is 64.6 Å². The third kappa shape index (κ3) is 5.46. The van der Waals surface area contributed by atoms with Crippen LogP contribution in [0.2, 0.25) is 0 Å². The zero-order chi connectivity index (χ0) is 23.3. The first-order valence-electron chi connectivity index (χ1n) is 10.8. The molecule has 7 heteroatoms. The molecular formula is C25H28O7. The van der Waals surface area contributed by atoms with Crippen LogP contribution in [-0.4, -0.2) is 40.1 Å². The zero-order valence-electron chi connectivity index (χ0n) is 18.3. The van der Waals surface area contributed by atoms with Gasteiger partial charge in [-0.15, -0.1) is 0 Å². The van der Waals surface area contributed by atoms with Crippen molar-refractivity contribution in [2.75, 3.05) is 0 Å². The maximum atomic E-state index is 13.1. The molecule has 0 spiro atoms. The Balaban J connectivity index is 1.85. The SMILES string of the molecule is CC(C)=CC[C@@H](OC(=O)OC1/C=C/CCCCC1)C1=CC(=O)c2c(O)ccc(O)c2C1=O. The summed E-state index contributed by atoms with van der Waals surface area (Å²) in [6, 6.07) is 2.29. The van der Waals surface area contributed by atoms with E-state index in [1.807, 2.05) is 26.0 Å². The summed E-state index contributed by atoms with van der Waals surface area (Å²) >= 11 is 0. The second-order valence-corrected chi connectivity index (χ2v) is 8.24. The quantitative estimate of drug-likeness (QED) is 0.369. The molecule has 2 atom stereocenters. The molecule has 1 unspecified atom stereocenters. The lowest BCUT2D eigenvalue weighted by Crippen LogP contribution is -2.30. The van der Waals surface area contributed by atoms with Crippen molar-refractivity contribution in [1.29, 1.82) is 0 Å². The second-order valence-electron chi connectivity index (χ2n) is 8.24. The van der Waals surface area contributed by atoms with Crippen LogP contribution in [0.15, 0.2) is 47.6 Å². The molecule has 0 heterocycles. The van der Waals surface area contributed by atoms with Crippen molar-refractivity contribution < 1.29 is 34.1 Å². The van der Waals surface area contributed by atoms with Gasteiger partial charge in [0.05, 0.1) is 11.1 Å². The minimum Gasteiger partial charge on any atom is -0.507 e. The molecule has 0 aromatic heterocycles. The van der Waals surface area contributed by atoms with Crippen molar-refractivity contribution in [2.24, 2.45) is 0 Å². The largest absolute Gasteiger partial charge is 0.509 e. The van der Waals surface area contributed by atoms with Crippen LogP contribution in [0.3, 0.4) is 0 Å². The van der Waals surface area contributed by atoms with Crippen LogP contribution in [0.5, 0.6) is 11.5 Å². The smallest absolute Gasteiger partial charge is 0.507 e. The highest BCUT2D eigenvalue weighted by atomic mass is 16.7. The maximum Gasteiger partial charge on any atom is 0.509 e. The van der Waals surface area contributed by atoms with Crippen LogP contribution in [0.1, 0.15) is 73.1 Å². The number of hydrogen-bond acceptors (Lipinski definition) is 7. The van der Waals surface area contributed by atoms with Crippen molar-refractivity contribution >= 4 is 17.7 Å². The number of fused-ring (bicyclic) bond motifs is 1. The number of hydrogen-bond donors (Lipinski definition) is 2. The third-order valence-electron chi connectivity index (χ3n) is 5.47. The number of aromatic hydroxyl groups is 2. The molecule has 0 radical (unpaired) electrons. The first-order valence-corrected chi connectivity index (χ1v) is 10.8. The second kappa shape index (κ2) is 10.3.